The van der Waals surface area contributed by atoms with E-state index in [4.69, 9.17) is 5.84 Å². The monoisotopic (exact) mass is 199 g/mol. The number of nitrogens with two attached hydrogens (primary N) is 1. The van der Waals surface area contributed by atoms with Crippen molar-refractivity contribution in [1.29, 1.82) is 0 Å². The zero-order chi connectivity index (χ0) is 10.6. The van der Waals surface area contributed by atoms with Gasteiger partial charge in [0.25, 0.3) is 0 Å². The minimum atomic E-state index is -0.559. The molecule has 1 aromatic rings. The van der Waals surface area contributed by atoms with Crippen LogP contribution in [-0.4, -0.2) is 12.4 Å². The first kappa shape index (κ1) is 10.6. The molecule has 1 rings (SSSR count). The first-order chi connectivity index (χ1) is 6.69. The highest BCUT2D eigenvalue weighted by molar-refractivity contribution is 5.98. The molecule has 3 N–H and O–H groups in total. The molecular weight excluding hydrogens is 188 g/mol. The fraction of sp³-hybridized carbons (Fsp3) is 0.222. The zero-order valence-electron chi connectivity index (χ0n) is 7.72. The summed E-state index contributed by atoms with van der Waals surface area (Å²) in [6.07, 6.45) is 0. The van der Waals surface area contributed by atoms with E-state index in [9.17, 15) is 8.78 Å². The number of hydrazine groups is 1. The van der Waals surface area contributed by atoms with Crippen LogP contribution < -0.4 is 11.3 Å². The first-order valence-corrected chi connectivity index (χ1v) is 4.15. The molecule has 0 amide bonds. The number of nitrogens with zero attached hydrogens (tertiary/aromatic N) is 1. The van der Waals surface area contributed by atoms with Gasteiger partial charge in [-0.05, 0) is 25.1 Å². The quantitative estimate of drug-likeness (QED) is 0.325. The lowest BCUT2D eigenvalue weighted by Gasteiger charge is -2.06. The van der Waals surface area contributed by atoms with Crippen LogP contribution in [-0.2, 0) is 0 Å². The van der Waals surface area contributed by atoms with Gasteiger partial charge in [-0.2, -0.15) is 0 Å². The Bertz CT molecular complexity index is 350. The molecule has 0 saturated heterocycles. The molecule has 1 aromatic carbocycles. The van der Waals surface area contributed by atoms with Gasteiger partial charge in [0, 0.05) is 6.54 Å². The molecular formula is C9H11F2N3. The summed E-state index contributed by atoms with van der Waals surface area (Å²) in [5.41, 5.74) is 2.27. The molecule has 0 radical (unpaired) electrons. The van der Waals surface area contributed by atoms with Crippen molar-refractivity contribution in [2.75, 3.05) is 6.54 Å². The van der Waals surface area contributed by atoms with E-state index < -0.39 is 11.6 Å². The van der Waals surface area contributed by atoms with Crippen molar-refractivity contribution in [1.82, 2.24) is 5.43 Å². The van der Waals surface area contributed by atoms with E-state index in [1.54, 1.807) is 6.92 Å². The number of halogens is 2. The Morgan fingerprint density at radius 3 is 2.79 bits per heavy atom. The molecule has 0 spiro atoms. The maximum absolute atomic E-state index is 13.2. The molecule has 14 heavy (non-hydrogen) atoms. The van der Waals surface area contributed by atoms with Crippen molar-refractivity contribution in [2.24, 2.45) is 10.8 Å². The lowest BCUT2D eigenvalue weighted by molar-refractivity contribution is 0.597. The second kappa shape index (κ2) is 4.66. The van der Waals surface area contributed by atoms with E-state index in [2.05, 4.69) is 10.4 Å². The number of benzene rings is 1. The van der Waals surface area contributed by atoms with Crippen molar-refractivity contribution < 1.29 is 8.78 Å². The summed E-state index contributed by atoms with van der Waals surface area (Å²) < 4.78 is 26.0. The van der Waals surface area contributed by atoms with Gasteiger partial charge in [0.2, 0.25) is 0 Å². The van der Waals surface area contributed by atoms with Crippen molar-refractivity contribution in [3.8, 4) is 0 Å². The number of hydrogen-bond acceptors (Lipinski definition) is 2. The second-order valence-corrected chi connectivity index (χ2v) is 2.59. The third-order valence-electron chi connectivity index (χ3n) is 1.64. The van der Waals surface area contributed by atoms with Crippen LogP contribution in [0.4, 0.5) is 8.78 Å². The molecule has 0 unspecified atom stereocenters. The molecule has 0 aliphatic heterocycles. The van der Waals surface area contributed by atoms with E-state index >= 15 is 0 Å². The van der Waals surface area contributed by atoms with Crippen molar-refractivity contribution in [3.05, 3.63) is 35.4 Å². The van der Waals surface area contributed by atoms with Gasteiger partial charge in [0.15, 0.2) is 0 Å². The van der Waals surface area contributed by atoms with Crippen LogP contribution in [0, 0.1) is 11.6 Å². The fourth-order valence-corrected chi connectivity index (χ4v) is 1.05. The summed E-state index contributed by atoms with van der Waals surface area (Å²) >= 11 is 0. The van der Waals surface area contributed by atoms with Crippen LogP contribution in [0.2, 0.25) is 0 Å². The molecule has 0 aliphatic carbocycles. The Morgan fingerprint density at radius 1 is 1.50 bits per heavy atom. The Hall–Kier alpha value is -1.49. The average molecular weight is 199 g/mol. The standard InChI is InChI=1S/C9H11F2N3/c1-2-13-9(14-12)7-5-6(10)3-4-8(7)11/h3-5H,2,12H2,1H3,(H,13,14). The van der Waals surface area contributed by atoms with Gasteiger partial charge in [-0.25, -0.2) is 14.6 Å². The van der Waals surface area contributed by atoms with Crippen LogP contribution in [0.15, 0.2) is 23.2 Å². The highest BCUT2D eigenvalue weighted by Gasteiger charge is 2.08. The van der Waals surface area contributed by atoms with Crippen LogP contribution in [0.1, 0.15) is 12.5 Å². The summed E-state index contributed by atoms with van der Waals surface area (Å²) in [5.74, 6) is 4.20. The summed E-state index contributed by atoms with van der Waals surface area (Å²) in [6.45, 7) is 2.21. The number of rotatable bonds is 2. The van der Waals surface area contributed by atoms with Crippen LogP contribution in [0.3, 0.4) is 0 Å². The fourth-order valence-electron chi connectivity index (χ4n) is 1.05. The molecule has 76 valence electrons. The normalized spacial score (nSPS) is 11.6. The topological polar surface area (TPSA) is 50.4 Å². The van der Waals surface area contributed by atoms with E-state index in [0.29, 0.717) is 6.54 Å². The number of nitrogens with one attached hydrogen (secondary N) is 1. The number of amidine groups is 1. The van der Waals surface area contributed by atoms with E-state index in [1.807, 2.05) is 0 Å². The predicted molar refractivity (Wildman–Crippen MR) is 50.8 cm³/mol. The minimum Gasteiger partial charge on any atom is -0.308 e. The molecule has 0 aliphatic rings. The van der Waals surface area contributed by atoms with E-state index in [1.165, 1.54) is 0 Å². The number of aliphatic imine (C=N–C) groups is 1. The summed E-state index contributed by atoms with van der Waals surface area (Å²) in [6, 6.07) is 3.12. The molecule has 3 nitrogen and oxygen atoms in total. The van der Waals surface area contributed by atoms with E-state index in [-0.39, 0.29) is 11.4 Å². The van der Waals surface area contributed by atoms with E-state index in [0.717, 1.165) is 18.2 Å². The molecule has 0 fully saturated rings. The SMILES string of the molecule is CCN=C(NN)c1cc(F)ccc1F. The summed E-state index contributed by atoms with van der Waals surface area (Å²) in [5, 5.41) is 0. The summed E-state index contributed by atoms with van der Waals surface area (Å²) in [4.78, 5) is 3.89. The van der Waals surface area contributed by atoms with Gasteiger partial charge >= 0.3 is 0 Å². The molecule has 0 atom stereocenters. The minimum absolute atomic E-state index is 0.0364. The Labute approximate surface area is 80.6 Å². The van der Waals surface area contributed by atoms with Gasteiger partial charge in [-0.15, -0.1) is 0 Å². The lowest BCUT2D eigenvalue weighted by Crippen LogP contribution is -2.32. The van der Waals surface area contributed by atoms with Gasteiger partial charge in [-0.1, -0.05) is 0 Å². The van der Waals surface area contributed by atoms with Crippen molar-refractivity contribution in [3.63, 3.8) is 0 Å². The highest BCUT2D eigenvalue weighted by Crippen LogP contribution is 2.09. The summed E-state index contributed by atoms with van der Waals surface area (Å²) in [7, 11) is 0. The zero-order valence-corrected chi connectivity index (χ0v) is 7.72. The molecule has 5 heteroatoms. The van der Waals surface area contributed by atoms with Crippen LogP contribution in [0.25, 0.3) is 0 Å². The Balaban J connectivity index is 3.15. The second-order valence-electron chi connectivity index (χ2n) is 2.59. The third kappa shape index (κ3) is 2.26. The average Bonchev–Trinajstić information content (AvgIpc) is 2.18. The molecule has 0 saturated carbocycles. The maximum atomic E-state index is 13.2. The van der Waals surface area contributed by atoms with Gasteiger partial charge in [-0.3, -0.25) is 4.99 Å². The highest BCUT2D eigenvalue weighted by atomic mass is 19.1. The largest absolute Gasteiger partial charge is 0.308 e. The number of hydrogen-bond donors (Lipinski definition) is 2. The van der Waals surface area contributed by atoms with Crippen molar-refractivity contribution >= 4 is 5.84 Å². The Morgan fingerprint density at radius 2 is 2.21 bits per heavy atom. The van der Waals surface area contributed by atoms with Crippen LogP contribution >= 0.6 is 0 Å². The van der Waals surface area contributed by atoms with Gasteiger partial charge in [0.05, 0.1) is 5.56 Å². The van der Waals surface area contributed by atoms with Crippen LogP contribution in [0.5, 0.6) is 0 Å². The lowest BCUT2D eigenvalue weighted by atomic mass is 10.2. The third-order valence-corrected chi connectivity index (χ3v) is 1.64. The molecule has 0 aromatic heterocycles. The van der Waals surface area contributed by atoms with Gasteiger partial charge in [0.1, 0.15) is 17.5 Å². The Kier molecular flexibility index (Phi) is 3.53. The van der Waals surface area contributed by atoms with Gasteiger partial charge < -0.3 is 5.43 Å². The first-order valence-electron chi connectivity index (χ1n) is 4.15. The smallest absolute Gasteiger partial charge is 0.145 e. The molecule has 0 heterocycles. The molecule has 0 bridgehead atoms. The predicted octanol–water partition coefficient (Wildman–Crippen LogP) is 1.19. The van der Waals surface area contributed by atoms with Crippen molar-refractivity contribution in [2.45, 2.75) is 6.92 Å². The maximum Gasteiger partial charge on any atom is 0.145 e.